The first-order valence-electron chi connectivity index (χ1n) is 2.80. The highest BCUT2D eigenvalue weighted by Crippen LogP contribution is 2.62. The van der Waals surface area contributed by atoms with Crippen molar-refractivity contribution in [2.75, 3.05) is 0 Å². The van der Waals surface area contributed by atoms with Crippen molar-refractivity contribution in [2.24, 2.45) is 0 Å². The van der Waals surface area contributed by atoms with Crippen LogP contribution in [-0.2, 0) is 4.79 Å². The van der Waals surface area contributed by atoms with Crippen molar-refractivity contribution in [1.29, 1.82) is 0 Å². The molecule has 1 nitrogen and oxygen atoms in total. The number of hydrogen-bond acceptors (Lipinski definition) is 1. The molecule has 7 heteroatoms. The summed E-state index contributed by atoms with van der Waals surface area (Å²) < 4.78 is -4.90. The first kappa shape index (κ1) is 11.7. The number of Topliss-reactive ketones (excluding diaryl/α,β-unsaturated/α-hetero) is 1. The van der Waals surface area contributed by atoms with Crippen LogP contribution in [0.1, 0.15) is 6.42 Å². The van der Waals surface area contributed by atoms with Gasteiger partial charge in [0.05, 0.1) is 0 Å². The zero-order valence-corrected chi connectivity index (χ0v) is 10.7. The number of rotatable bonds is 0. The average Bonchev–Trinajstić information content (AvgIpc) is 1.92. The Kier molecular flexibility index (Phi) is 2.96. The topological polar surface area (TPSA) is 17.1 Å². The van der Waals surface area contributed by atoms with Crippen molar-refractivity contribution < 1.29 is 4.79 Å². The van der Waals surface area contributed by atoms with Crippen molar-refractivity contribution in [3.63, 3.8) is 0 Å². The molecule has 1 fully saturated rings. The smallest absolute Gasteiger partial charge is 0.193 e. The van der Waals surface area contributed by atoms with Gasteiger partial charge in [-0.2, -0.15) is 0 Å². The quantitative estimate of drug-likeness (QED) is 0.618. The molecule has 1 rings (SSSR count). The van der Waals surface area contributed by atoms with Crippen LogP contribution in [0.3, 0.4) is 0 Å². The van der Waals surface area contributed by atoms with Crippen molar-refractivity contribution in [3.05, 3.63) is 0 Å². The van der Waals surface area contributed by atoms with E-state index in [1.54, 1.807) is 0 Å². The van der Waals surface area contributed by atoms with Crippen LogP contribution in [0.4, 0.5) is 0 Å². The third-order valence-corrected chi connectivity index (χ3v) is 6.20. The van der Waals surface area contributed by atoms with Crippen molar-refractivity contribution in [3.8, 4) is 0 Å². The summed E-state index contributed by atoms with van der Waals surface area (Å²) in [5.41, 5.74) is 0. The number of carbonyl (C=O) groups is 1. The molecule has 1 saturated carbocycles. The molecule has 0 amide bonds. The Balaban J connectivity index is 3.19. The van der Waals surface area contributed by atoms with E-state index in [2.05, 4.69) is 15.9 Å². The summed E-state index contributed by atoms with van der Waals surface area (Å²) in [5.74, 6) is -0.431. The molecule has 0 aliphatic heterocycles. The number of ketones is 1. The lowest BCUT2D eigenvalue weighted by atomic mass is 10.3. The molecular weight excluding hydrogens is 333 g/mol. The molecule has 0 saturated heterocycles. The predicted molar refractivity (Wildman–Crippen MR) is 56.0 cm³/mol. The molecule has 1 unspecified atom stereocenters. The molecule has 1 aliphatic carbocycles. The zero-order chi connectivity index (χ0) is 9.78. The summed E-state index contributed by atoms with van der Waals surface area (Å²) in [6, 6.07) is 0. The maximum atomic E-state index is 11.2. The van der Waals surface area contributed by atoms with E-state index in [1.807, 2.05) is 0 Å². The highest BCUT2D eigenvalue weighted by atomic mass is 79.9. The van der Waals surface area contributed by atoms with Crippen LogP contribution in [0.15, 0.2) is 0 Å². The maximum Gasteiger partial charge on any atom is 0.193 e. The van der Waals surface area contributed by atoms with Gasteiger partial charge in [-0.25, -0.2) is 0 Å². The highest BCUT2D eigenvalue weighted by molar-refractivity contribution is 9.11. The lowest BCUT2D eigenvalue weighted by molar-refractivity contribution is -0.117. The second-order valence-electron chi connectivity index (χ2n) is 2.45. The Morgan fingerprint density at radius 1 is 1.17 bits per heavy atom. The van der Waals surface area contributed by atoms with Gasteiger partial charge >= 0.3 is 0 Å². The zero-order valence-electron chi connectivity index (χ0n) is 5.38. The van der Waals surface area contributed by atoms with E-state index in [9.17, 15) is 4.79 Å². The molecule has 1 aliphatic rings. The van der Waals surface area contributed by atoms with Crippen LogP contribution in [0.25, 0.3) is 0 Å². The second-order valence-corrected chi connectivity index (χ2v) is 7.48. The van der Waals surface area contributed by atoms with E-state index in [1.165, 1.54) is 0 Å². The number of halogens is 6. The molecule has 0 aromatic rings. The lowest BCUT2D eigenvalue weighted by Crippen LogP contribution is -2.43. The summed E-state index contributed by atoms with van der Waals surface area (Å²) in [7, 11) is 0. The Bertz CT molecular complexity index is 236. The van der Waals surface area contributed by atoms with Gasteiger partial charge in [0.1, 0.15) is 0 Å². The molecule has 0 aromatic carbocycles. The minimum absolute atomic E-state index is 0.183. The van der Waals surface area contributed by atoms with E-state index in [0.29, 0.717) is 0 Å². The van der Waals surface area contributed by atoms with Gasteiger partial charge in [0, 0.05) is 6.42 Å². The summed E-state index contributed by atoms with van der Waals surface area (Å²) in [6.45, 7) is 0. The fourth-order valence-electron chi connectivity index (χ4n) is 0.828. The number of hydrogen-bond donors (Lipinski definition) is 0. The van der Waals surface area contributed by atoms with Gasteiger partial charge in [0.25, 0.3) is 0 Å². The second kappa shape index (κ2) is 3.04. The van der Waals surface area contributed by atoms with Crippen LogP contribution in [0, 0.1) is 0 Å². The van der Waals surface area contributed by atoms with Gasteiger partial charge in [-0.1, -0.05) is 73.9 Å². The molecule has 70 valence electrons. The molecule has 12 heavy (non-hydrogen) atoms. The van der Waals surface area contributed by atoms with E-state index >= 15 is 0 Å². The minimum atomic E-state index is -1.73. The Morgan fingerprint density at radius 2 is 1.58 bits per heavy atom. The molecule has 0 N–H and O–H groups in total. The van der Waals surface area contributed by atoms with Crippen molar-refractivity contribution >= 4 is 79.7 Å². The van der Waals surface area contributed by atoms with Crippen molar-refractivity contribution in [1.82, 2.24) is 0 Å². The predicted octanol–water partition coefficient (Wildman–Crippen LogP) is 3.64. The SMILES string of the molecule is O=C1CC(Cl)(Cl)C(Cl)(Cl)C1(Cl)Br. The largest absolute Gasteiger partial charge is 0.296 e. The molecule has 1 atom stereocenters. The number of alkyl halides is 6. The summed E-state index contributed by atoms with van der Waals surface area (Å²) >= 11 is 31.5. The minimum Gasteiger partial charge on any atom is -0.296 e. The first-order valence-corrected chi connectivity index (χ1v) is 5.48. The molecule has 0 spiro atoms. The van der Waals surface area contributed by atoms with Crippen LogP contribution in [0.5, 0.6) is 0 Å². The molecule has 0 radical (unpaired) electrons. The van der Waals surface area contributed by atoms with E-state index in [4.69, 9.17) is 58.0 Å². The fraction of sp³-hybridized carbons (Fsp3) is 0.800. The Hall–Kier alpha value is 1.60. The van der Waals surface area contributed by atoms with E-state index in [0.717, 1.165) is 0 Å². The third-order valence-electron chi connectivity index (χ3n) is 1.59. The molecule has 0 bridgehead atoms. The first-order chi connectivity index (χ1) is 5.13. The van der Waals surface area contributed by atoms with Crippen LogP contribution in [0.2, 0.25) is 0 Å². The van der Waals surface area contributed by atoms with Crippen LogP contribution >= 0.6 is 73.9 Å². The third kappa shape index (κ3) is 1.39. The molecule has 0 heterocycles. The Morgan fingerprint density at radius 3 is 1.67 bits per heavy atom. The Labute approximate surface area is 103 Å². The average molecular weight is 335 g/mol. The fourth-order valence-corrected chi connectivity index (χ4v) is 2.73. The maximum absolute atomic E-state index is 11.2. The van der Waals surface area contributed by atoms with E-state index in [-0.39, 0.29) is 6.42 Å². The van der Waals surface area contributed by atoms with E-state index < -0.39 is 18.2 Å². The van der Waals surface area contributed by atoms with Gasteiger partial charge in [-0.15, -0.1) is 0 Å². The summed E-state index contributed by atoms with van der Waals surface area (Å²) in [5, 5.41) is 0. The highest BCUT2D eigenvalue weighted by Gasteiger charge is 2.70. The van der Waals surface area contributed by atoms with Gasteiger partial charge in [-0.3, -0.25) is 4.79 Å². The van der Waals surface area contributed by atoms with Gasteiger partial charge in [-0.05, 0) is 0 Å². The summed E-state index contributed by atoms with van der Waals surface area (Å²) in [6.07, 6.45) is -0.183. The number of carbonyl (C=O) groups excluding carboxylic acids is 1. The molecule has 0 aromatic heterocycles. The van der Waals surface area contributed by atoms with Crippen LogP contribution < -0.4 is 0 Å². The van der Waals surface area contributed by atoms with Gasteiger partial charge in [0.15, 0.2) is 18.2 Å². The summed E-state index contributed by atoms with van der Waals surface area (Å²) in [4.78, 5) is 11.2. The standard InChI is InChI=1S/C5H2BrCl5O/c6-4(9)2(12)1-3(7,8)5(4,10)11/h1H2. The molecular formula is C5H2BrCl5O. The van der Waals surface area contributed by atoms with Crippen molar-refractivity contribution in [2.45, 2.75) is 18.9 Å². The van der Waals surface area contributed by atoms with Crippen LogP contribution in [-0.4, -0.2) is 18.2 Å². The van der Waals surface area contributed by atoms with Gasteiger partial charge < -0.3 is 0 Å². The lowest BCUT2D eigenvalue weighted by Gasteiger charge is -2.30. The van der Waals surface area contributed by atoms with Gasteiger partial charge in [0.2, 0.25) is 0 Å². The normalized spacial score (nSPS) is 38.7. The monoisotopic (exact) mass is 332 g/mol.